The standard InChI is InChI=1S/C9H5BrN2O3/c1-5(13)7-3-9(12(14)15)6(4-11)2-8(7)10/h2-3H,1H3. The van der Waals surface area contributed by atoms with Crippen LogP contribution in [0.15, 0.2) is 16.6 Å². The number of rotatable bonds is 2. The Morgan fingerprint density at radius 1 is 1.60 bits per heavy atom. The van der Waals surface area contributed by atoms with E-state index in [1.807, 2.05) is 0 Å². The van der Waals surface area contributed by atoms with Crippen LogP contribution < -0.4 is 0 Å². The Labute approximate surface area is 93.6 Å². The molecular formula is C9H5BrN2O3. The maximum atomic E-state index is 11.1. The summed E-state index contributed by atoms with van der Waals surface area (Å²) in [6, 6.07) is 4.08. The number of benzene rings is 1. The molecule has 0 unspecified atom stereocenters. The molecule has 0 aliphatic carbocycles. The van der Waals surface area contributed by atoms with Gasteiger partial charge in [-0.15, -0.1) is 0 Å². The van der Waals surface area contributed by atoms with Crippen molar-refractivity contribution in [2.45, 2.75) is 6.92 Å². The van der Waals surface area contributed by atoms with Gasteiger partial charge in [0.1, 0.15) is 11.6 Å². The zero-order valence-electron chi connectivity index (χ0n) is 7.65. The zero-order chi connectivity index (χ0) is 11.6. The van der Waals surface area contributed by atoms with Gasteiger partial charge in [-0.25, -0.2) is 0 Å². The van der Waals surface area contributed by atoms with E-state index >= 15 is 0 Å². The number of halogens is 1. The van der Waals surface area contributed by atoms with Crippen LogP contribution in [0.4, 0.5) is 5.69 Å². The molecule has 0 saturated carbocycles. The van der Waals surface area contributed by atoms with E-state index in [4.69, 9.17) is 5.26 Å². The van der Waals surface area contributed by atoms with Gasteiger partial charge in [0, 0.05) is 16.1 Å². The van der Waals surface area contributed by atoms with Gasteiger partial charge in [0.25, 0.3) is 5.69 Å². The van der Waals surface area contributed by atoms with E-state index in [1.165, 1.54) is 13.0 Å². The third kappa shape index (κ3) is 2.19. The summed E-state index contributed by atoms with van der Waals surface area (Å²) < 4.78 is 0.386. The van der Waals surface area contributed by atoms with Crippen molar-refractivity contribution in [2.24, 2.45) is 0 Å². The van der Waals surface area contributed by atoms with Crippen LogP contribution in [0.1, 0.15) is 22.8 Å². The van der Waals surface area contributed by atoms with Crippen molar-refractivity contribution in [3.05, 3.63) is 37.8 Å². The molecule has 0 N–H and O–H groups in total. The van der Waals surface area contributed by atoms with Gasteiger partial charge in [-0.1, -0.05) is 0 Å². The van der Waals surface area contributed by atoms with Gasteiger partial charge in [-0.3, -0.25) is 14.9 Å². The molecule has 1 aromatic carbocycles. The molecule has 15 heavy (non-hydrogen) atoms. The maximum absolute atomic E-state index is 11.1. The van der Waals surface area contributed by atoms with Gasteiger partial charge in [0.05, 0.1) is 4.92 Å². The number of nitro groups is 1. The number of hydrogen-bond acceptors (Lipinski definition) is 4. The highest BCUT2D eigenvalue weighted by Gasteiger charge is 2.18. The first-order valence-corrected chi connectivity index (χ1v) is 4.65. The molecule has 0 bridgehead atoms. The van der Waals surface area contributed by atoms with E-state index in [-0.39, 0.29) is 22.6 Å². The molecule has 1 aromatic rings. The van der Waals surface area contributed by atoms with Crippen LogP contribution in [0, 0.1) is 21.4 Å². The summed E-state index contributed by atoms with van der Waals surface area (Å²) in [5, 5.41) is 19.3. The number of nitrogens with zero attached hydrogens (tertiary/aromatic N) is 2. The molecule has 0 aromatic heterocycles. The topological polar surface area (TPSA) is 84.0 Å². The highest BCUT2D eigenvalue weighted by Crippen LogP contribution is 2.27. The second-order valence-electron chi connectivity index (χ2n) is 2.77. The Morgan fingerprint density at radius 3 is 2.60 bits per heavy atom. The van der Waals surface area contributed by atoms with Crippen LogP contribution in [0.2, 0.25) is 0 Å². The minimum Gasteiger partial charge on any atom is -0.294 e. The lowest BCUT2D eigenvalue weighted by Gasteiger charge is -2.01. The van der Waals surface area contributed by atoms with Gasteiger partial charge in [-0.2, -0.15) is 5.26 Å². The molecule has 0 aliphatic rings. The molecule has 0 amide bonds. The first-order chi connectivity index (χ1) is 6.97. The lowest BCUT2D eigenvalue weighted by molar-refractivity contribution is -0.385. The quantitative estimate of drug-likeness (QED) is 0.469. The van der Waals surface area contributed by atoms with Gasteiger partial charge >= 0.3 is 0 Å². The van der Waals surface area contributed by atoms with Crippen molar-refractivity contribution in [3.63, 3.8) is 0 Å². The third-order valence-corrected chi connectivity index (χ3v) is 2.44. The van der Waals surface area contributed by atoms with Crippen LogP contribution in [0.25, 0.3) is 0 Å². The van der Waals surface area contributed by atoms with Crippen LogP contribution in [0.5, 0.6) is 0 Å². The van der Waals surface area contributed by atoms with Crippen molar-refractivity contribution in [3.8, 4) is 6.07 Å². The van der Waals surface area contributed by atoms with Gasteiger partial charge in [0.2, 0.25) is 0 Å². The summed E-state index contributed by atoms with van der Waals surface area (Å²) in [6.45, 7) is 1.30. The summed E-state index contributed by atoms with van der Waals surface area (Å²) in [4.78, 5) is 21.0. The minimum absolute atomic E-state index is 0.0723. The summed E-state index contributed by atoms with van der Waals surface area (Å²) in [5.41, 5.74) is -0.233. The van der Waals surface area contributed by atoms with Crippen molar-refractivity contribution in [2.75, 3.05) is 0 Å². The summed E-state index contributed by atoms with van der Waals surface area (Å²) in [6.07, 6.45) is 0. The fourth-order valence-corrected chi connectivity index (χ4v) is 1.69. The Bertz CT molecular complexity index is 491. The number of carbonyl (C=O) groups is 1. The highest BCUT2D eigenvalue weighted by molar-refractivity contribution is 9.10. The Balaban J connectivity index is 3.52. The van der Waals surface area contributed by atoms with Crippen LogP contribution >= 0.6 is 15.9 Å². The average Bonchev–Trinajstić information content (AvgIpc) is 2.16. The molecule has 5 nitrogen and oxygen atoms in total. The average molecular weight is 269 g/mol. The molecule has 0 atom stereocenters. The molecule has 6 heteroatoms. The highest BCUT2D eigenvalue weighted by atomic mass is 79.9. The second kappa shape index (κ2) is 4.19. The van der Waals surface area contributed by atoms with E-state index in [1.54, 1.807) is 6.07 Å². The normalized spacial score (nSPS) is 9.40. The van der Waals surface area contributed by atoms with Crippen molar-refractivity contribution >= 4 is 27.4 Å². The number of nitro benzene ring substituents is 1. The first-order valence-electron chi connectivity index (χ1n) is 3.86. The van der Waals surface area contributed by atoms with Crippen LogP contribution in [-0.4, -0.2) is 10.7 Å². The van der Waals surface area contributed by atoms with E-state index in [0.717, 1.165) is 6.07 Å². The van der Waals surface area contributed by atoms with Crippen molar-refractivity contribution < 1.29 is 9.72 Å². The largest absolute Gasteiger partial charge is 0.294 e. The lowest BCUT2D eigenvalue weighted by atomic mass is 10.1. The van der Waals surface area contributed by atoms with E-state index in [9.17, 15) is 14.9 Å². The van der Waals surface area contributed by atoms with E-state index in [2.05, 4.69) is 15.9 Å². The molecule has 0 aliphatic heterocycles. The van der Waals surface area contributed by atoms with Gasteiger partial charge in [-0.05, 0) is 28.9 Å². The summed E-state index contributed by atoms with van der Waals surface area (Å²) in [7, 11) is 0. The maximum Gasteiger partial charge on any atom is 0.287 e. The molecule has 1 rings (SSSR count). The molecule has 0 saturated heterocycles. The number of hydrogen-bond donors (Lipinski definition) is 0. The number of nitriles is 1. The fourth-order valence-electron chi connectivity index (χ4n) is 1.07. The number of Topliss-reactive ketones (excluding diaryl/α,β-unsaturated/α-hetero) is 1. The number of ketones is 1. The molecule has 76 valence electrons. The van der Waals surface area contributed by atoms with E-state index in [0.29, 0.717) is 4.47 Å². The van der Waals surface area contributed by atoms with E-state index < -0.39 is 4.92 Å². The van der Waals surface area contributed by atoms with Crippen LogP contribution in [-0.2, 0) is 0 Å². The second-order valence-corrected chi connectivity index (χ2v) is 3.63. The SMILES string of the molecule is CC(=O)c1cc([N+](=O)[O-])c(C#N)cc1Br. The Kier molecular flexibility index (Phi) is 3.17. The smallest absolute Gasteiger partial charge is 0.287 e. The van der Waals surface area contributed by atoms with Gasteiger partial charge in [0.15, 0.2) is 5.78 Å². The third-order valence-electron chi connectivity index (χ3n) is 1.78. The summed E-state index contributed by atoms with van der Waals surface area (Å²) >= 11 is 3.08. The molecule has 0 heterocycles. The minimum atomic E-state index is -0.683. The Morgan fingerprint density at radius 2 is 2.20 bits per heavy atom. The molecule has 0 spiro atoms. The predicted molar refractivity (Wildman–Crippen MR) is 55.5 cm³/mol. The molecular weight excluding hydrogens is 264 g/mol. The van der Waals surface area contributed by atoms with Crippen molar-refractivity contribution in [1.29, 1.82) is 5.26 Å². The van der Waals surface area contributed by atoms with Gasteiger partial charge < -0.3 is 0 Å². The van der Waals surface area contributed by atoms with Crippen molar-refractivity contribution in [1.82, 2.24) is 0 Å². The monoisotopic (exact) mass is 268 g/mol. The Hall–Kier alpha value is -1.74. The summed E-state index contributed by atoms with van der Waals surface area (Å²) in [5.74, 6) is -0.297. The zero-order valence-corrected chi connectivity index (χ0v) is 9.24. The first kappa shape index (κ1) is 11.3. The predicted octanol–water partition coefficient (Wildman–Crippen LogP) is 2.43. The molecule has 0 radical (unpaired) electrons. The molecule has 0 fully saturated rings. The lowest BCUT2D eigenvalue weighted by Crippen LogP contribution is -1.99. The fraction of sp³-hybridized carbons (Fsp3) is 0.111. The van der Waals surface area contributed by atoms with Crippen LogP contribution in [0.3, 0.4) is 0 Å². The number of carbonyl (C=O) groups excluding carboxylic acids is 1.